The lowest BCUT2D eigenvalue weighted by Gasteiger charge is -2.12. The molecule has 0 N–H and O–H groups in total. The monoisotopic (exact) mass is 340 g/mol. The van der Waals surface area contributed by atoms with E-state index in [0.29, 0.717) is 6.61 Å². The maximum atomic E-state index is 5.96. The van der Waals surface area contributed by atoms with Crippen LogP contribution in [0.2, 0.25) is 0 Å². The first kappa shape index (κ1) is 13.8. The Balaban J connectivity index is 1.88. The highest BCUT2D eigenvalue weighted by Crippen LogP contribution is 2.32. The predicted molar refractivity (Wildman–Crippen MR) is 85.9 cm³/mol. The molecule has 0 saturated carbocycles. The van der Waals surface area contributed by atoms with Crippen LogP contribution in [-0.2, 0) is 6.61 Å². The molecule has 1 heterocycles. The Hall–Kier alpha value is -2.20. The molecule has 0 fully saturated rings. The summed E-state index contributed by atoms with van der Waals surface area (Å²) in [4.78, 5) is 8.14. The van der Waals surface area contributed by atoms with Crippen LogP contribution in [0.25, 0.3) is 11.1 Å². The van der Waals surface area contributed by atoms with Crippen molar-refractivity contribution >= 4 is 15.9 Å². The molecule has 3 nitrogen and oxygen atoms in total. The molecular formula is C17H13BrN2O. The number of ether oxygens (including phenoxy) is 1. The van der Waals surface area contributed by atoms with Crippen molar-refractivity contribution in [3.05, 3.63) is 77.3 Å². The lowest BCUT2D eigenvalue weighted by molar-refractivity contribution is 0.307. The fraction of sp³-hybridized carbons (Fsp3) is 0.0588. The highest BCUT2D eigenvalue weighted by molar-refractivity contribution is 9.10. The molecule has 0 bridgehead atoms. The molecule has 0 aliphatic rings. The summed E-state index contributed by atoms with van der Waals surface area (Å²) in [5.74, 6) is 0.817. The Labute approximate surface area is 131 Å². The Morgan fingerprint density at radius 2 is 1.71 bits per heavy atom. The quantitative estimate of drug-likeness (QED) is 0.702. The molecule has 2 aromatic carbocycles. The fourth-order valence-electron chi connectivity index (χ4n) is 2.03. The van der Waals surface area contributed by atoms with Gasteiger partial charge in [-0.2, -0.15) is 0 Å². The zero-order chi connectivity index (χ0) is 14.5. The summed E-state index contributed by atoms with van der Waals surface area (Å²) in [6.45, 7) is 0.531. The van der Waals surface area contributed by atoms with Crippen LogP contribution in [0, 0.1) is 0 Å². The first-order valence-corrected chi connectivity index (χ1v) is 7.34. The molecule has 0 saturated heterocycles. The summed E-state index contributed by atoms with van der Waals surface area (Å²) in [5, 5.41) is 0. The van der Waals surface area contributed by atoms with Gasteiger partial charge in [0.2, 0.25) is 0 Å². The largest absolute Gasteiger partial charge is 0.488 e. The van der Waals surface area contributed by atoms with Crippen LogP contribution >= 0.6 is 15.9 Å². The van der Waals surface area contributed by atoms with Crippen LogP contribution in [0.3, 0.4) is 0 Å². The van der Waals surface area contributed by atoms with Crippen molar-refractivity contribution in [2.75, 3.05) is 0 Å². The molecule has 0 unspecified atom stereocenters. The van der Waals surface area contributed by atoms with Gasteiger partial charge >= 0.3 is 0 Å². The average molecular weight is 341 g/mol. The average Bonchev–Trinajstić information content (AvgIpc) is 2.55. The predicted octanol–water partition coefficient (Wildman–Crippen LogP) is 4.49. The molecule has 0 spiro atoms. The van der Waals surface area contributed by atoms with Gasteiger partial charge in [0, 0.05) is 28.0 Å². The Morgan fingerprint density at radius 3 is 2.48 bits per heavy atom. The number of rotatable bonds is 4. The Bertz CT molecular complexity index is 717. The minimum absolute atomic E-state index is 0.531. The van der Waals surface area contributed by atoms with E-state index in [4.69, 9.17) is 4.74 Å². The second-order valence-electron chi connectivity index (χ2n) is 4.54. The summed E-state index contributed by atoms with van der Waals surface area (Å²) in [6, 6.07) is 16.0. The van der Waals surface area contributed by atoms with Gasteiger partial charge in [-0.05, 0) is 23.8 Å². The normalized spacial score (nSPS) is 10.3. The summed E-state index contributed by atoms with van der Waals surface area (Å²) < 4.78 is 6.95. The van der Waals surface area contributed by atoms with Gasteiger partial charge in [0.25, 0.3) is 0 Å². The van der Waals surface area contributed by atoms with Crippen molar-refractivity contribution in [2.24, 2.45) is 0 Å². The molecule has 4 heteroatoms. The molecule has 0 aliphatic heterocycles. The fourth-order valence-corrected chi connectivity index (χ4v) is 2.39. The molecule has 3 aromatic rings. The summed E-state index contributed by atoms with van der Waals surface area (Å²) in [7, 11) is 0. The molecule has 0 radical (unpaired) electrons. The van der Waals surface area contributed by atoms with Crippen LogP contribution in [0.1, 0.15) is 5.56 Å². The highest BCUT2D eigenvalue weighted by Gasteiger charge is 2.08. The summed E-state index contributed by atoms with van der Waals surface area (Å²) >= 11 is 3.49. The van der Waals surface area contributed by atoms with Crippen molar-refractivity contribution in [3.63, 3.8) is 0 Å². The van der Waals surface area contributed by atoms with Crippen LogP contribution in [0.15, 0.2) is 71.7 Å². The maximum Gasteiger partial charge on any atom is 0.127 e. The number of hydrogen-bond acceptors (Lipinski definition) is 3. The van der Waals surface area contributed by atoms with E-state index in [1.807, 2.05) is 48.5 Å². The second kappa shape index (κ2) is 6.50. The lowest BCUT2D eigenvalue weighted by atomic mass is 10.1. The molecule has 0 atom stereocenters. The van der Waals surface area contributed by atoms with Crippen molar-refractivity contribution < 1.29 is 4.74 Å². The number of halogens is 1. The van der Waals surface area contributed by atoms with Gasteiger partial charge < -0.3 is 4.74 Å². The van der Waals surface area contributed by atoms with Gasteiger partial charge in [-0.1, -0.05) is 46.3 Å². The first-order valence-electron chi connectivity index (χ1n) is 6.54. The third-order valence-corrected chi connectivity index (χ3v) is 3.54. The first-order chi connectivity index (χ1) is 10.3. The number of benzene rings is 2. The van der Waals surface area contributed by atoms with Gasteiger partial charge in [-0.3, -0.25) is 0 Å². The standard InChI is InChI=1S/C17H13BrN2O/c18-15-6-7-17(21-11-13-4-2-1-3-5-13)16(8-15)14-9-19-12-20-10-14/h1-10,12H,11H2. The highest BCUT2D eigenvalue weighted by atomic mass is 79.9. The van der Waals surface area contributed by atoms with Gasteiger partial charge in [0.05, 0.1) is 0 Å². The summed E-state index contributed by atoms with van der Waals surface area (Å²) in [5.41, 5.74) is 3.04. The second-order valence-corrected chi connectivity index (χ2v) is 5.46. The van der Waals surface area contributed by atoms with Gasteiger partial charge in [0.1, 0.15) is 18.7 Å². The van der Waals surface area contributed by atoms with Crippen molar-refractivity contribution in [1.29, 1.82) is 0 Å². The summed E-state index contributed by atoms with van der Waals surface area (Å²) in [6.07, 6.45) is 5.08. The molecule has 3 rings (SSSR count). The van der Waals surface area contributed by atoms with Crippen molar-refractivity contribution in [3.8, 4) is 16.9 Å². The Morgan fingerprint density at radius 1 is 0.952 bits per heavy atom. The van der Waals surface area contributed by atoms with Crippen molar-refractivity contribution in [1.82, 2.24) is 9.97 Å². The molecule has 0 aliphatic carbocycles. The molecule has 0 amide bonds. The molecular weight excluding hydrogens is 328 g/mol. The molecule has 104 valence electrons. The zero-order valence-corrected chi connectivity index (χ0v) is 12.8. The maximum absolute atomic E-state index is 5.96. The van der Waals surface area contributed by atoms with Crippen LogP contribution < -0.4 is 4.74 Å². The van der Waals surface area contributed by atoms with E-state index in [0.717, 1.165) is 26.9 Å². The number of aromatic nitrogens is 2. The van der Waals surface area contributed by atoms with E-state index in [-0.39, 0.29) is 0 Å². The van der Waals surface area contributed by atoms with E-state index in [1.165, 1.54) is 6.33 Å². The van der Waals surface area contributed by atoms with Gasteiger partial charge in [-0.25, -0.2) is 9.97 Å². The number of hydrogen-bond donors (Lipinski definition) is 0. The molecule has 21 heavy (non-hydrogen) atoms. The number of nitrogens with zero attached hydrogens (tertiary/aromatic N) is 2. The minimum Gasteiger partial charge on any atom is -0.488 e. The van der Waals surface area contributed by atoms with E-state index >= 15 is 0 Å². The van der Waals surface area contributed by atoms with Gasteiger partial charge in [0.15, 0.2) is 0 Å². The zero-order valence-electron chi connectivity index (χ0n) is 11.2. The van der Waals surface area contributed by atoms with Crippen LogP contribution in [0.5, 0.6) is 5.75 Å². The van der Waals surface area contributed by atoms with E-state index in [9.17, 15) is 0 Å². The van der Waals surface area contributed by atoms with E-state index in [2.05, 4.69) is 25.9 Å². The Kier molecular flexibility index (Phi) is 4.26. The van der Waals surface area contributed by atoms with E-state index < -0.39 is 0 Å². The third-order valence-electron chi connectivity index (χ3n) is 3.05. The SMILES string of the molecule is Brc1ccc(OCc2ccccc2)c(-c2cncnc2)c1. The van der Waals surface area contributed by atoms with Crippen molar-refractivity contribution in [2.45, 2.75) is 6.61 Å². The topological polar surface area (TPSA) is 35.0 Å². The van der Waals surface area contributed by atoms with Gasteiger partial charge in [-0.15, -0.1) is 0 Å². The van der Waals surface area contributed by atoms with Crippen LogP contribution in [0.4, 0.5) is 0 Å². The minimum atomic E-state index is 0.531. The smallest absolute Gasteiger partial charge is 0.127 e. The molecule has 1 aromatic heterocycles. The lowest BCUT2D eigenvalue weighted by Crippen LogP contribution is -1.97. The third kappa shape index (κ3) is 3.47. The van der Waals surface area contributed by atoms with E-state index in [1.54, 1.807) is 12.4 Å². The van der Waals surface area contributed by atoms with Crippen LogP contribution in [-0.4, -0.2) is 9.97 Å².